The van der Waals surface area contributed by atoms with Gasteiger partial charge in [0.05, 0.1) is 10.6 Å². The molecule has 1 aliphatic rings. The van der Waals surface area contributed by atoms with Crippen molar-refractivity contribution in [2.75, 3.05) is 28.1 Å². The molecule has 1 N–H and O–H groups in total. The van der Waals surface area contributed by atoms with Gasteiger partial charge >= 0.3 is 0 Å². The molecule has 2 aromatic rings. The highest BCUT2D eigenvalue weighted by Gasteiger charge is 2.27. The second-order valence-corrected chi connectivity index (χ2v) is 8.38. The van der Waals surface area contributed by atoms with Crippen LogP contribution >= 0.6 is 0 Å². The number of fused-ring (bicyclic) bond motifs is 1. The first kappa shape index (κ1) is 18.9. The number of carbonyl (C=O) groups excluding carboxylic acids is 2. The Kier molecular flexibility index (Phi) is 4.93. The normalized spacial score (nSPS) is 13.2. The van der Waals surface area contributed by atoms with Gasteiger partial charge in [-0.15, -0.1) is 0 Å². The molecule has 1 heterocycles. The monoisotopic (exact) mass is 387 g/mol. The number of nitrogens with one attached hydrogen (secondary N) is 1. The van der Waals surface area contributed by atoms with Crippen molar-refractivity contribution in [1.29, 1.82) is 0 Å². The van der Waals surface area contributed by atoms with E-state index in [0.717, 1.165) is 11.3 Å². The highest BCUT2D eigenvalue weighted by atomic mass is 32.2. The van der Waals surface area contributed by atoms with E-state index in [1.807, 2.05) is 0 Å². The second kappa shape index (κ2) is 7.03. The minimum absolute atomic E-state index is 0.0549. The fourth-order valence-electron chi connectivity index (χ4n) is 3.12. The van der Waals surface area contributed by atoms with Crippen LogP contribution < -0.4 is 14.5 Å². The van der Waals surface area contributed by atoms with Crippen LogP contribution in [-0.2, 0) is 26.0 Å². The number of nitrogens with zero attached hydrogens (tertiary/aromatic N) is 2. The lowest BCUT2D eigenvalue weighted by atomic mass is 10.2. The van der Waals surface area contributed by atoms with Gasteiger partial charge in [-0.25, -0.2) is 8.42 Å². The first-order chi connectivity index (χ1) is 12.7. The van der Waals surface area contributed by atoms with Crippen LogP contribution in [0.3, 0.4) is 0 Å². The Morgan fingerprint density at radius 3 is 2.33 bits per heavy atom. The SMILES string of the molecule is CC(=O)Nc1ccc(N(C)S(=O)(=O)c2ccc3c(c2)CCN3C(C)=O)cc1. The van der Waals surface area contributed by atoms with Gasteiger partial charge in [-0.2, -0.15) is 0 Å². The molecule has 27 heavy (non-hydrogen) atoms. The molecule has 2 aromatic carbocycles. The first-order valence-electron chi connectivity index (χ1n) is 8.48. The highest BCUT2D eigenvalue weighted by molar-refractivity contribution is 7.92. The maximum Gasteiger partial charge on any atom is 0.264 e. The van der Waals surface area contributed by atoms with Crippen LogP contribution in [0.25, 0.3) is 0 Å². The quantitative estimate of drug-likeness (QED) is 0.873. The van der Waals surface area contributed by atoms with Crippen molar-refractivity contribution in [2.24, 2.45) is 0 Å². The topological polar surface area (TPSA) is 86.8 Å². The van der Waals surface area contributed by atoms with Gasteiger partial charge < -0.3 is 10.2 Å². The Labute approximate surface area is 158 Å². The maximum absolute atomic E-state index is 13.0. The molecular formula is C19H21N3O4S. The molecule has 142 valence electrons. The molecular weight excluding hydrogens is 366 g/mol. The summed E-state index contributed by atoms with van der Waals surface area (Å²) < 4.78 is 27.2. The molecule has 0 fully saturated rings. The number of rotatable bonds is 4. The van der Waals surface area contributed by atoms with E-state index in [0.29, 0.717) is 24.3 Å². The molecule has 0 saturated heterocycles. The Balaban J connectivity index is 1.88. The smallest absolute Gasteiger partial charge is 0.264 e. The van der Waals surface area contributed by atoms with Gasteiger partial charge in [-0.05, 0) is 54.4 Å². The molecule has 3 rings (SSSR count). The molecule has 0 spiro atoms. The number of amides is 2. The Morgan fingerprint density at radius 1 is 1.07 bits per heavy atom. The minimum atomic E-state index is -3.74. The Hall–Kier alpha value is -2.87. The average molecular weight is 387 g/mol. The summed E-state index contributed by atoms with van der Waals surface area (Å²) in [7, 11) is -2.26. The van der Waals surface area contributed by atoms with Gasteiger partial charge in [0.1, 0.15) is 0 Å². The van der Waals surface area contributed by atoms with Gasteiger partial charge in [0.15, 0.2) is 0 Å². The highest BCUT2D eigenvalue weighted by Crippen LogP contribution is 2.32. The van der Waals surface area contributed by atoms with Crippen molar-refractivity contribution in [3.63, 3.8) is 0 Å². The number of sulfonamides is 1. The van der Waals surface area contributed by atoms with Crippen molar-refractivity contribution in [3.05, 3.63) is 48.0 Å². The van der Waals surface area contributed by atoms with Crippen molar-refractivity contribution < 1.29 is 18.0 Å². The van der Waals surface area contributed by atoms with E-state index in [-0.39, 0.29) is 16.7 Å². The zero-order chi connectivity index (χ0) is 19.8. The van der Waals surface area contributed by atoms with Gasteiger partial charge in [-0.1, -0.05) is 0 Å². The molecule has 0 unspecified atom stereocenters. The summed E-state index contributed by atoms with van der Waals surface area (Å²) in [5.74, 6) is -0.248. The van der Waals surface area contributed by atoms with E-state index >= 15 is 0 Å². The average Bonchev–Trinajstić information content (AvgIpc) is 3.04. The van der Waals surface area contributed by atoms with E-state index in [9.17, 15) is 18.0 Å². The lowest BCUT2D eigenvalue weighted by Gasteiger charge is -2.21. The summed E-state index contributed by atoms with van der Waals surface area (Å²) in [6.45, 7) is 3.47. The molecule has 0 aliphatic carbocycles. The van der Waals surface area contributed by atoms with Gasteiger partial charge in [-0.3, -0.25) is 13.9 Å². The van der Waals surface area contributed by atoms with E-state index in [1.165, 1.54) is 31.3 Å². The number of hydrogen-bond acceptors (Lipinski definition) is 4. The van der Waals surface area contributed by atoms with Gasteiger partial charge in [0, 0.05) is 38.8 Å². The molecule has 0 saturated carbocycles. The van der Waals surface area contributed by atoms with Crippen LogP contribution in [0, 0.1) is 0 Å². The van der Waals surface area contributed by atoms with Crippen LogP contribution in [0.2, 0.25) is 0 Å². The Morgan fingerprint density at radius 2 is 1.74 bits per heavy atom. The molecule has 0 atom stereocenters. The van der Waals surface area contributed by atoms with Crippen LogP contribution in [0.15, 0.2) is 47.4 Å². The van der Waals surface area contributed by atoms with Gasteiger partial charge in [0.2, 0.25) is 11.8 Å². The summed E-state index contributed by atoms with van der Waals surface area (Å²) in [6, 6.07) is 11.4. The number of benzene rings is 2. The number of carbonyl (C=O) groups is 2. The van der Waals surface area contributed by atoms with Crippen molar-refractivity contribution >= 4 is 38.9 Å². The number of hydrogen-bond donors (Lipinski definition) is 1. The zero-order valence-corrected chi connectivity index (χ0v) is 16.2. The lowest BCUT2D eigenvalue weighted by molar-refractivity contribution is -0.116. The fraction of sp³-hybridized carbons (Fsp3) is 0.263. The minimum Gasteiger partial charge on any atom is -0.326 e. The third kappa shape index (κ3) is 3.66. The van der Waals surface area contributed by atoms with Crippen LogP contribution in [0.5, 0.6) is 0 Å². The molecule has 2 amide bonds. The second-order valence-electron chi connectivity index (χ2n) is 6.41. The number of anilines is 3. The summed E-state index contributed by atoms with van der Waals surface area (Å²) in [4.78, 5) is 24.6. The summed E-state index contributed by atoms with van der Waals surface area (Å²) in [6.07, 6.45) is 0.632. The molecule has 0 bridgehead atoms. The third-order valence-electron chi connectivity index (χ3n) is 4.54. The zero-order valence-electron chi connectivity index (χ0n) is 15.4. The van der Waals surface area contributed by atoms with E-state index in [1.54, 1.807) is 41.3 Å². The summed E-state index contributed by atoms with van der Waals surface area (Å²) >= 11 is 0. The summed E-state index contributed by atoms with van der Waals surface area (Å²) in [5, 5.41) is 2.64. The van der Waals surface area contributed by atoms with E-state index in [2.05, 4.69) is 5.32 Å². The standard InChI is InChI=1S/C19H21N3O4S/c1-13(23)20-16-4-6-17(7-5-16)21(3)27(25,26)18-8-9-19-15(12-18)10-11-22(19)14(2)24/h4-9,12H,10-11H2,1-3H3,(H,20,23). The van der Waals surface area contributed by atoms with Gasteiger partial charge in [0.25, 0.3) is 10.0 Å². The summed E-state index contributed by atoms with van der Waals surface area (Å²) in [5.41, 5.74) is 2.69. The third-order valence-corrected chi connectivity index (χ3v) is 6.32. The predicted octanol–water partition coefficient (Wildman–Crippen LogP) is 2.38. The van der Waals surface area contributed by atoms with Crippen LogP contribution in [0.1, 0.15) is 19.4 Å². The fourth-order valence-corrected chi connectivity index (χ4v) is 4.37. The molecule has 1 aliphatic heterocycles. The molecule has 7 nitrogen and oxygen atoms in total. The van der Waals surface area contributed by atoms with Crippen molar-refractivity contribution in [3.8, 4) is 0 Å². The van der Waals surface area contributed by atoms with Crippen molar-refractivity contribution in [1.82, 2.24) is 0 Å². The lowest BCUT2D eigenvalue weighted by Crippen LogP contribution is -2.27. The van der Waals surface area contributed by atoms with E-state index in [4.69, 9.17) is 0 Å². The van der Waals surface area contributed by atoms with Crippen molar-refractivity contribution in [2.45, 2.75) is 25.2 Å². The predicted molar refractivity (Wildman–Crippen MR) is 105 cm³/mol. The molecule has 0 aromatic heterocycles. The largest absolute Gasteiger partial charge is 0.326 e. The maximum atomic E-state index is 13.0. The Bertz CT molecular complexity index is 1000. The molecule has 8 heteroatoms. The molecule has 0 radical (unpaired) electrons. The van der Waals surface area contributed by atoms with Crippen LogP contribution in [-0.4, -0.2) is 33.8 Å². The first-order valence-corrected chi connectivity index (χ1v) is 9.92. The van der Waals surface area contributed by atoms with Crippen LogP contribution in [0.4, 0.5) is 17.1 Å². The van der Waals surface area contributed by atoms with E-state index < -0.39 is 10.0 Å².